The van der Waals surface area contributed by atoms with Gasteiger partial charge in [-0.15, -0.1) is 0 Å². The van der Waals surface area contributed by atoms with Gasteiger partial charge in [0, 0.05) is 25.9 Å². The van der Waals surface area contributed by atoms with Gasteiger partial charge in [0.2, 0.25) is 5.95 Å². The molecule has 2 rings (SSSR count). The first kappa shape index (κ1) is 12.4. The summed E-state index contributed by atoms with van der Waals surface area (Å²) in [6.07, 6.45) is 7.25. The number of hydrogen-bond acceptors (Lipinski definition) is 3. The average molecular weight is 237 g/mol. The lowest BCUT2D eigenvalue weighted by Gasteiger charge is -2.23. The summed E-state index contributed by atoms with van der Waals surface area (Å²) in [5, 5.41) is 3.42. The number of nitrogens with zero attached hydrogens (tertiary/aromatic N) is 2. The standard InChI is InChI=1S/C13H23N3O/c1-3-7-16-10-11(2)15-13(16)14-9-12-6-4-5-8-17-12/h10,12H,3-9H2,1-2H3,(H,14,15). The third-order valence-electron chi connectivity index (χ3n) is 3.12. The van der Waals surface area contributed by atoms with Crippen molar-refractivity contribution in [3.63, 3.8) is 0 Å². The van der Waals surface area contributed by atoms with E-state index in [0.29, 0.717) is 6.10 Å². The van der Waals surface area contributed by atoms with Gasteiger partial charge in [-0.1, -0.05) is 6.92 Å². The van der Waals surface area contributed by atoms with Crippen LogP contribution in [0.1, 0.15) is 38.3 Å². The number of ether oxygens (including phenoxy) is 1. The van der Waals surface area contributed by atoms with Gasteiger partial charge in [-0.05, 0) is 32.6 Å². The Bertz CT molecular complexity index is 342. The molecule has 1 aliphatic rings. The zero-order valence-corrected chi connectivity index (χ0v) is 10.9. The summed E-state index contributed by atoms with van der Waals surface area (Å²) in [7, 11) is 0. The largest absolute Gasteiger partial charge is 0.376 e. The van der Waals surface area contributed by atoms with Crippen molar-refractivity contribution < 1.29 is 4.74 Å². The summed E-state index contributed by atoms with van der Waals surface area (Å²) in [6.45, 7) is 7.03. The SMILES string of the molecule is CCCn1cc(C)nc1NCC1CCCCO1. The molecule has 1 unspecified atom stereocenters. The van der Waals surface area contributed by atoms with Gasteiger partial charge < -0.3 is 14.6 Å². The minimum Gasteiger partial charge on any atom is -0.376 e. The van der Waals surface area contributed by atoms with E-state index < -0.39 is 0 Å². The second kappa shape index (κ2) is 6.05. The van der Waals surface area contributed by atoms with E-state index in [4.69, 9.17) is 4.74 Å². The molecule has 1 fully saturated rings. The molecule has 1 saturated heterocycles. The quantitative estimate of drug-likeness (QED) is 0.855. The number of hydrogen-bond donors (Lipinski definition) is 1. The fourth-order valence-electron chi connectivity index (χ4n) is 2.27. The third kappa shape index (κ3) is 3.46. The van der Waals surface area contributed by atoms with Gasteiger partial charge in [0.25, 0.3) is 0 Å². The van der Waals surface area contributed by atoms with Crippen molar-refractivity contribution in [1.29, 1.82) is 0 Å². The molecule has 0 aromatic carbocycles. The van der Waals surface area contributed by atoms with Crippen LogP contribution in [-0.4, -0.2) is 28.8 Å². The molecule has 1 N–H and O–H groups in total. The van der Waals surface area contributed by atoms with Gasteiger partial charge in [-0.2, -0.15) is 0 Å². The van der Waals surface area contributed by atoms with Crippen molar-refractivity contribution in [2.24, 2.45) is 0 Å². The predicted molar refractivity (Wildman–Crippen MR) is 69.3 cm³/mol. The lowest BCUT2D eigenvalue weighted by molar-refractivity contribution is 0.0246. The summed E-state index contributed by atoms with van der Waals surface area (Å²) in [6, 6.07) is 0. The molecule has 4 heteroatoms. The lowest BCUT2D eigenvalue weighted by atomic mass is 10.1. The molecular formula is C13H23N3O. The van der Waals surface area contributed by atoms with Crippen LogP contribution in [0, 0.1) is 6.92 Å². The third-order valence-corrected chi connectivity index (χ3v) is 3.12. The Labute approximate surface area is 103 Å². The van der Waals surface area contributed by atoms with E-state index in [1.807, 2.05) is 6.92 Å². The Morgan fingerprint density at radius 2 is 2.41 bits per heavy atom. The Kier molecular flexibility index (Phi) is 4.42. The van der Waals surface area contributed by atoms with E-state index >= 15 is 0 Å². The average Bonchev–Trinajstić information content (AvgIpc) is 2.69. The van der Waals surface area contributed by atoms with Crippen molar-refractivity contribution in [2.45, 2.75) is 52.2 Å². The lowest BCUT2D eigenvalue weighted by Crippen LogP contribution is -2.27. The molecule has 2 heterocycles. The molecule has 1 aromatic rings. The summed E-state index contributed by atoms with van der Waals surface area (Å²) >= 11 is 0. The Morgan fingerprint density at radius 1 is 1.53 bits per heavy atom. The number of aryl methyl sites for hydroxylation is 2. The van der Waals surface area contributed by atoms with Crippen LogP contribution in [0.2, 0.25) is 0 Å². The molecule has 0 saturated carbocycles. The molecule has 1 aromatic heterocycles. The Balaban J connectivity index is 1.88. The highest BCUT2D eigenvalue weighted by Gasteiger charge is 2.14. The molecular weight excluding hydrogens is 214 g/mol. The molecule has 4 nitrogen and oxygen atoms in total. The van der Waals surface area contributed by atoms with Gasteiger partial charge in [0.1, 0.15) is 0 Å². The van der Waals surface area contributed by atoms with Crippen LogP contribution < -0.4 is 5.32 Å². The number of aromatic nitrogens is 2. The van der Waals surface area contributed by atoms with E-state index in [0.717, 1.165) is 37.8 Å². The fourth-order valence-corrected chi connectivity index (χ4v) is 2.27. The molecule has 17 heavy (non-hydrogen) atoms. The van der Waals surface area contributed by atoms with Crippen molar-refractivity contribution in [3.05, 3.63) is 11.9 Å². The number of rotatable bonds is 5. The smallest absolute Gasteiger partial charge is 0.203 e. The van der Waals surface area contributed by atoms with Gasteiger partial charge in [-0.25, -0.2) is 4.98 Å². The summed E-state index contributed by atoms with van der Waals surface area (Å²) in [5.74, 6) is 0.985. The molecule has 0 bridgehead atoms. The van der Waals surface area contributed by atoms with Crippen LogP contribution in [0.15, 0.2) is 6.20 Å². The second-order valence-electron chi connectivity index (χ2n) is 4.77. The predicted octanol–water partition coefficient (Wildman–Crippen LogP) is 2.58. The molecule has 1 atom stereocenters. The Morgan fingerprint density at radius 3 is 3.12 bits per heavy atom. The van der Waals surface area contributed by atoms with E-state index in [9.17, 15) is 0 Å². The minimum absolute atomic E-state index is 0.357. The second-order valence-corrected chi connectivity index (χ2v) is 4.77. The zero-order valence-electron chi connectivity index (χ0n) is 10.9. The Hall–Kier alpha value is -1.03. The summed E-state index contributed by atoms with van der Waals surface area (Å²) in [5.41, 5.74) is 1.07. The molecule has 0 spiro atoms. The molecule has 1 aliphatic heterocycles. The van der Waals surface area contributed by atoms with Crippen molar-refractivity contribution in [3.8, 4) is 0 Å². The zero-order chi connectivity index (χ0) is 12.1. The van der Waals surface area contributed by atoms with E-state index in [-0.39, 0.29) is 0 Å². The van der Waals surface area contributed by atoms with Gasteiger partial charge in [0.05, 0.1) is 11.8 Å². The molecule has 96 valence electrons. The maximum absolute atomic E-state index is 5.71. The van der Waals surface area contributed by atoms with E-state index in [1.54, 1.807) is 0 Å². The van der Waals surface area contributed by atoms with Gasteiger partial charge in [-0.3, -0.25) is 0 Å². The maximum Gasteiger partial charge on any atom is 0.203 e. The number of nitrogens with one attached hydrogen (secondary N) is 1. The summed E-state index contributed by atoms with van der Waals surface area (Å²) < 4.78 is 7.90. The van der Waals surface area contributed by atoms with Crippen LogP contribution in [0.4, 0.5) is 5.95 Å². The highest BCUT2D eigenvalue weighted by atomic mass is 16.5. The van der Waals surface area contributed by atoms with Crippen molar-refractivity contribution >= 4 is 5.95 Å². The monoisotopic (exact) mass is 237 g/mol. The van der Waals surface area contributed by atoms with E-state index in [1.165, 1.54) is 19.3 Å². The maximum atomic E-state index is 5.71. The minimum atomic E-state index is 0.357. The van der Waals surface area contributed by atoms with Crippen LogP contribution in [0.5, 0.6) is 0 Å². The number of anilines is 1. The fraction of sp³-hybridized carbons (Fsp3) is 0.769. The van der Waals surface area contributed by atoms with Crippen LogP contribution in [-0.2, 0) is 11.3 Å². The van der Waals surface area contributed by atoms with Crippen LogP contribution in [0.3, 0.4) is 0 Å². The first-order valence-corrected chi connectivity index (χ1v) is 6.69. The first-order chi connectivity index (χ1) is 8.29. The van der Waals surface area contributed by atoms with Crippen molar-refractivity contribution in [1.82, 2.24) is 9.55 Å². The normalized spacial score (nSPS) is 20.5. The molecule has 0 amide bonds. The topological polar surface area (TPSA) is 39.1 Å². The van der Waals surface area contributed by atoms with Gasteiger partial charge >= 0.3 is 0 Å². The molecule has 0 radical (unpaired) electrons. The number of imidazole rings is 1. The van der Waals surface area contributed by atoms with E-state index in [2.05, 4.69) is 28.0 Å². The molecule has 0 aliphatic carbocycles. The summed E-state index contributed by atoms with van der Waals surface area (Å²) in [4.78, 5) is 4.51. The highest BCUT2D eigenvalue weighted by molar-refractivity contribution is 5.28. The van der Waals surface area contributed by atoms with Gasteiger partial charge in [0.15, 0.2) is 0 Å². The highest BCUT2D eigenvalue weighted by Crippen LogP contribution is 2.14. The van der Waals surface area contributed by atoms with Crippen LogP contribution in [0.25, 0.3) is 0 Å². The first-order valence-electron chi connectivity index (χ1n) is 6.69. The van der Waals surface area contributed by atoms with Crippen LogP contribution >= 0.6 is 0 Å². The van der Waals surface area contributed by atoms with Crippen molar-refractivity contribution in [2.75, 3.05) is 18.5 Å².